The highest BCUT2D eigenvalue weighted by atomic mass is 16.5. The van der Waals surface area contributed by atoms with Gasteiger partial charge in [-0.15, -0.1) is 0 Å². The third-order valence-electron chi connectivity index (χ3n) is 2.94. The third kappa shape index (κ3) is 1.97. The average molecular weight is 253 g/mol. The Morgan fingerprint density at radius 1 is 1.26 bits per heavy atom. The number of para-hydroxylation sites is 1. The van der Waals surface area contributed by atoms with Gasteiger partial charge in [0.25, 0.3) is 0 Å². The summed E-state index contributed by atoms with van der Waals surface area (Å²) in [5, 5.41) is 0.801. The van der Waals surface area contributed by atoms with Crippen molar-refractivity contribution in [2.24, 2.45) is 0 Å². The molecule has 0 aliphatic carbocycles. The van der Waals surface area contributed by atoms with Crippen molar-refractivity contribution in [3.63, 3.8) is 0 Å². The van der Waals surface area contributed by atoms with E-state index in [1.807, 2.05) is 24.3 Å². The van der Waals surface area contributed by atoms with Crippen molar-refractivity contribution in [1.82, 2.24) is 4.98 Å². The summed E-state index contributed by atoms with van der Waals surface area (Å²) < 4.78 is 10.4. The highest BCUT2D eigenvalue weighted by Gasteiger charge is 2.16. The van der Waals surface area contributed by atoms with E-state index in [9.17, 15) is 4.79 Å². The number of carbonyl (C=O) groups is 1. The summed E-state index contributed by atoms with van der Waals surface area (Å²) in [4.78, 5) is 16.4. The molecular weight excluding hydrogens is 242 g/mol. The van der Waals surface area contributed by atoms with Crippen LogP contribution in [0.4, 0.5) is 0 Å². The van der Waals surface area contributed by atoms with Gasteiger partial charge in [-0.2, -0.15) is 0 Å². The molecule has 0 aliphatic heterocycles. The molecule has 1 aromatic carbocycles. The molecule has 0 bridgehead atoms. The van der Waals surface area contributed by atoms with Crippen molar-refractivity contribution in [2.45, 2.75) is 0 Å². The SMILES string of the molecule is COc1cncc(C(=O)c2coc3ccccc23)c1. The second-order valence-electron chi connectivity index (χ2n) is 4.09. The number of aromatic nitrogens is 1. The first-order chi connectivity index (χ1) is 9.29. The molecule has 0 atom stereocenters. The van der Waals surface area contributed by atoms with E-state index in [2.05, 4.69) is 4.98 Å². The number of nitrogens with zero attached hydrogens (tertiary/aromatic N) is 1. The van der Waals surface area contributed by atoms with Crippen LogP contribution >= 0.6 is 0 Å². The van der Waals surface area contributed by atoms with Crippen molar-refractivity contribution in [3.8, 4) is 5.75 Å². The predicted octanol–water partition coefficient (Wildman–Crippen LogP) is 3.07. The molecule has 2 heterocycles. The fraction of sp³-hybridized carbons (Fsp3) is 0.0667. The van der Waals surface area contributed by atoms with Gasteiger partial charge in [-0.05, 0) is 12.1 Å². The lowest BCUT2D eigenvalue weighted by molar-refractivity contribution is 0.103. The highest BCUT2D eigenvalue weighted by Crippen LogP contribution is 2.24. The Labute approximate surface area is 109 Å². The van der Waals surface area contributed by atoms with Crippen LogP contribution in [0.25, 0.3) is 11.0 Å². The molecule has 0 N–H and O–H groups in total. The van der Waals surface area contributed by atoms with Crippen molar-refractivity contribution >= 4 is 16.8 Å². The van der Waals surface area contributed by atoms with Gasteiger partial charge in [0, 0.05) is 17.1 Å². The zero-order chi connectivity index (χ0) is 13.2. The molecule has 3 rings (SSSR count). The fourth-order valence-electron chi connectivity index (χ4n) is 1.96. The lowest BCUT2D eigenvalue weighted by atomic mass is 10.0. The Hall–Kier alpha value is -2.62. The normalized spacial score (nSPS) is 10.6. The van der Waals surface area contributed by atoms with E-state index in [1.54, 1.807) is 19.4 Å². The Morgan fingerprint density at radius 3 is 2.95 bits per heavy atom. The second kappa shape index (κ2) is 4.57. The zero-order valence-electron chi connectivity index (χ0n) is 10.3. The molecule has 0 radical (unpaired) electrons. The quantitative estimate of drug-likeness (QED) is 0.673. The van der Waals surface area contributed by atoms with Gasteiger partial charge >= 0.3 is 0 Å². The van der Waals surface area contributed by atoms with E-state index in [0.717, 1.165) is 5.39 Å². The van der Waals surface area contributed by atoms with Crippen molar-refractivity contribution in [1.29, 1.82) is 0 Å². The number of methoxy groups -OCH3 is 1. The summed E-state index contributed by atoms with van der Waals surface area (Å²) in [6, 6.07) is 9.10. The van der Waals surface area contributed by atoms with Crippen LogP contribution in [0.3, 0.4) is 0 Å². The maximum atomic E-state index is 12.4. The van der Waals surface area contributed by atoms with Gasteiger partial charge in [0.1, 0.15) is 17.6 Å². The molecule has 4 nitrogen and oxygen atoms in total. The van der Waals surface area contributed by atoms with Crippen LogP contribution in [-0.4, -0.2) is 17.9 Å². The minimum absolute atomic E-state index is 0.128. The number of ether oxygens (including phenoxy) is 1. The number of benzene rings is 1. The number of furan rings is 1. The van der Waals surface area contributed by atoms with E-state index in [0.29, 0.717) is 22.5 Å². The van der Waals surface area contributed by atoms with Gasteiger partial charge in [0.05, 0.1) is 18.9 Å². The first-order valence-corrected chi connectivity index (χ1v) is 5.79. The topological polar surface area (TPSA) is 52.3 Å². The number of ketones is 1. The Balaban J connectivity index is 2.08. The Bertz CT molecular complexity index is 746. The van der Waals surface area contributed by atoms with Gasteiger partial charge in [-0.25, -0.2) is 0 Å². The Morgan fingerprint density at radius 2 is 2.11 bits per heavy atom. The summed E-state index contributed by atoms with van der Waals surface area (Å²) in [5.41, 5.74) is 1.71. The zero-order valence-corrected chi connectivity index (χ0v) is 10.3. The number of hydrogen-bond acceptors (Lipinski definition) is 4. The molecule has 0 unspecified atom stereocenters. The molecule has 19 heavy (non-hydrogen) atoms. The molecule has 94 valence electrons. The first-order valence-electron chi connectivity index (χ1n) is 5.79. The van der Waals surface area contributed by atoms with E-state index in [1.165, 1.54) is 12.5 Å². The molecule has 3 aromatic rings. The highest BCUT2D eigenvalue weighted by molar-refractivity contribution is 6.15. The summed E-state index contributed by atoms with van der Waals surface area (Å²) in [7, 11) is 1.54. The molecule has 0 fully saturated rings. The number of pyridine rings is 1. The smallest absolute Gasteiger partial charge is 0.198 e. The van der Waals surface area contributed by atoms with Crippen LogP contribution in [0, 0.1) is 0 Å². The predicted molar refractivity (Wildman–Crippen MR) is 70.4 cm³/mol. The largest absolute Gasteiger partial charge is 0.495 e. The van der Waals surface area contributed by atoms with Crippen LogP contribution in [-0.2, 0) is 0 Å². The second-order valence-corrected chi connectivity index (χ2v) is 4.09. The van der Waals surface area contributed by atoms with Crippen molar-refractivity contribution in [3.05, 3.63) is 60.1 Å². The van der Waals surface area contributed by atoms with Gasteiger partial charge in [0.2, 0.25) is 0 Å². The fourth-order valence-corrected chi connectivity index (χ4v) is 1.96. The van der Waals surface area contributed by atoms with Gasteiger partial charge in [-0.1, -0.05) is 18.2 Å². The van der Waals surface area contributed by atoms with E-state index < -0.39 is 0 Å². The number of carbonyl (C=O) groups excluding carboxylic acids is 1. The van der Waals surface area contributed by atoms with Gasteiger partial charge < -0.3 is 9.15 Å². The monoisotopic (exact) mass is 253 g/mol. The minimum Gasteiger partial charge on any atom is -0.495 e. The van der Waals surface area contributed by atoms with Crippen LogP contribution < -0.4 is 4.74 Å². The first kappa shape index (κ1) is 11.5. The lowest BCUT2D eigenvalue weighted by Crippen LogP contribution is -2.01. The average Bonchev–Trinajstić information content (AvgIpc) is 2.90. The molecule has 0 aliphatic rings. The molecule has 0 amide bonds. The number of fused-ring (bicyclic) bond motifs is 1. The summed E-state index contributed by atoms with van der Waals surface area (Å²) >= 11 is 0. The molecule has 4 heteroatoms. The molecule has 0 saturated heterocycles. The molecule has 0 saturated carbocycles. The minimum atomic E-state index is -0.128. The molecule has 0 spiro atoms. The van der Waals surface area contributed by atoms with Crippen LogP contribution in [0.5, 0.6) is 5.75 Å². The standard InChI is InChI=1S/C15H11NO3/c1-18-11-6-10(7-16-8-11)15(17)13-9-19-14-5-3-2-4-12(13)14/h2-9H,1H3. The Kier molecular flexibility index (Phi) is 2.76. The van der Waals surface area contributed by atoms with Crippen LogP contribution in [0.2, 0.25) is 0 Å². The maximum Gasteiger partial charge on any atom is 0.198 e. The van der Waals surface area contributed by atoms with Gasteiger partial charge in [-0.3, -0.25) is 9.78 Å². The lowest BCUT2D eigenvalue weighted by Gasteiger charge is -2.02. The van der Waals surface area contributed by atoms with Crippen LogP contribution in [0.15, 0.2) is 53.4 Å². The van der Waals surface area contributed by atoms with Crippen molar-refractivity contribution < 1.29 is 13.9 Å². The number of rotatable bonds is 3. The summed E-state index contributed by atoms with van der Waals surface area (Å²) in [6.45, 7) is 0. The van der Waals surface area contributed by atoms with E-state index >= 15 is 0 Å². The van der Waals surface area contributed by atoms with E-state index in [4.69, 9.17) is 9.15 Å². The number of hydrogen-bond donors (Lipinski definition) is 0. The maximum absolute atomic E-state index is 12.4. The van der Waals surface area contributed by atoms with Crippen molar-refractivity contribution in [2.75, 3.05) is 7.11 Å². The molecular formula is C15H11NO3. The van der Waals surface area contributed by atoms with Crippen LogP contribution in [0.1, 0.15) is 15.9 Å². The molecule has 2 aromatic heterocycles. The third-order valence-corrected chi connectivity index (χ3v) is 2.94. The summed E-state index contributed by atoms with van der Waals surface area (Å²) in [5.74, 6) is 0.426. The van der Waals surface area contributed by atoms with E-state index in [-0.39, 0.29) is 5.78 Å². The van der Waals surface area contributed by atoms with Gasteiger partial charge in [0.15, 0.2) is 5.78 Å². The summed E-state index contributed by atoms with van der Waals surface area (Å²) in [6.07, 6.45) is 4.56.